The maximum atomic E-state index is 12.5. The summed E-state index contributed by atoms with van der Waals surface area (Å²) in [6.45, 7) is 5.44. The van der Waals surface area contributed by atoms with E-state index in [9.17, 15) is 4.39 Å². The van der Waals surface area contributed by atoms with Crippen LogP contribution in [0.4, 0.5) is 4.39 Å². The van der Waals surface area contributed by atoms with Gasteiger partial charge in [0.1, 0.15) is 18.5 Å². The molecule has 0 aliphatic carbocycles. The van der Waals surface area contributed by atoms with Gasteiger partial charge in [0.15, 0.2) is 12.0 Å². The molecule has 0 N–H and O–H groups in total. The lowest BCUT2D eigenvalue weighted by Gasteiger charge is -2.06. The van der Waals surface area contributed by atoms with Gasteiger partial charge in [-0.05, 0) is 6.92 Å². The number of aromatic nitrogens is 1. The highest BCUT2D eigenvalue weighted by atomic mass is 19.1. The molecule has 3 nitrogen and oxygen atoms in total. The Morgan fingerprint density at radius 2 is 2.23 bits per heavy atom. The van der Waals surface area contributed by atoms with Crippen molar-refractivity contribution in [2.45, 2.75) is 32.9 Å². The van der Waals surface area contributed by atoms with Crippen LogP contribution in [0.5, 0.6) is 5.75 Å². The first kappa shape index (κ1) is 10.0. The minimum Gasteiger partial charge on any atom is -0.485 e. The number of halogens is 1. The van der Waals surface area contributed by atoms with Crippen molar-refractivity contribution in [2.24, 2.45) is 0 Å². The van der Waals surface area contributed by atoms with Crippen molar-refractivity contribution in [1.29, 1.82) is 0 Å². The Bertz CT molecular complexity index is 258. The predicted molar refractivity (Wildman–Crippen MR) is 46.7 cm³/mol. The predicted octanol–water partition coefficient (Wildman–Crippen LogP) is 2.53. The Labute approximate surface area is 76.9 Å². The lowest BCUT2D eigenvalue weighted by atomic mass is 10.1. The van der Waals surface area contributed by atoms with Gasteiger partial charge in [-0.25, -0.2) is 4.39 Å². The zero-order chi connectivity index (χ0) is 9.84. The molecule has 0 bridgehead atoms. The van der Waals surface area contributed by atoms with Crippen molar-refractivity contribution in [3.05, 3.63) is 12.0 Å². The maximum Gasteiger partial charge on any atom is 0.182 e. The number of nitrogens with zero attached hydrogens (tertiary/aromatic N) is 1. The fourth-order valence-electron chi connectivity index (χ4n) is 0.939. The normalized spacial score (nSPS) is 13.3. The van der Waals surface area contributed by atoms with Crippen LogP contribution in [0.15, 0.2) is 10.8 Å². The van der Waals surface area contributed by atoms with Crippen molar-refractivity contribution < 1.29 is 13.7 Å². The van der Waals surface area contributed by atoms with Crippen LogP contribution in [-0.4, -0.2) is 17.9 Å². The van der Waals surface area contributed by atoms with Crippen molar-refractivity contribution in [2.75, 3.05) is 6.61 Å². The summed E-state index contributed by atoms with van der Waals surface area (Å²) in [5.74, 6) is 0.767. The summed E-state index contributed by atoms with van der Waals surface area (Å²) in [5, 5.41) is 3.77. The molecular formula is C9H14FNO2. The molecule has 1 aromatic heterocycles. The van der Waals surface area contributed by atoms with Gasteiger partial charge in [0.2, 0.25) is 0 Å². The summed E-state index contributed by atoms with van der Waals surface area (Å²) < 4.78 is 22.4. The van der Waals surface area contributed by atoms with Gasteiger partial charge in [-0.15, -0.1) is 0 Å². The molecule has 0 aliphatic heterocycles. The van der Waals surface area contributed by atoms with Crippen molar-refractivity contribution >= 4 is 0 Å². The highest BCUT2D eigenvalue weighted by Crippen LogP contribution is 2.24. The van der Waals surface area contributed by atoms with Gasteiger partial charge in [0, 0.05) is 5.92 Å². The van der Waals surface area contributed by atoms with Gasteiger partial charge in [-0.1, -0.05) is 19.0 Å². The number of hydrogen-bond donors (Lipinski definition) is 0. The van der Waals surface area contributed by atoms with Crippen molar-refractivity contribution in [3.8, 4) is 5.75 Å². The van der Waals surface area contributed by atoms with Crippen LogP contribution >= 0.6 is 0 Å². The zero-order valence-electron chi connectivity index (χ0n) is 8.08. The maximum absolute atomic E-state index is 12.5. The second-order valence-corrected chi connectivity index (χ2v) is 3.31. The van der Waals surface area contributed by atoms with E-state index in [-0.39, 0.29) is 12.5 Å². The van der Waals surface area contributed by atoms with Gasteiger partial charge in [-0.3, -0.25) is 0 Å². The average Bonchev–Trinajstić information content (AvgIpc) is 2.47. The molecule has 1 aromatic rings. The van der Waals surface area contributed by atoms with Crippen LogP contribution < -0.4 is 4.74 Å². The first-order valence-corrected chi connectivity index (χ1v) is 4.32. The first-order chi connectivity index (χ1) is 6.11. The number of ether oxygens (including phenoxy) is 1. The SMILES string of the molecule is CC(F)COc1conc1C(C)C. The van der Waals surface area contributed by atoms with E-state index in [1.807, 2.05) is 13.8 Å². The molecule has 0 saturated carbocycles. The Morgan fingerprint density at radius 3 is 2.77 bits per heavy atom. The lowest BCUT2D eigenvalue weighted by molar-refractivity contribution is 0.207. The fourth-order valence-corrected chi connectivity index (χ4v) is 0.939. The minimum atomic E-state index is -0.977. The summed E-state index contributed by atoms with van der Waals surface area (Å²) in [7, 11) is 0. The van der Waals surface area contributed by atoms with E-state index in [0.29, 0.717) is 5.75 Å². The zero-order valence-corrected chi connectivity index (χ0v) is 8.08. The van der Waals surface area contributed by atoms with Gasteiger partial charge in [-0.2, -0.15) is 0 Å². The molecule has 1 heterocycles. The number of alkyl halides is 1. The molecule has 0 aromatic carbocycles. The molecule has 0 radical (unpaired) electrons. The van der Waals surface area contributed by atoms with Crippen molar-refractivity contribution in [1.82, 2.24) is 5.16 Å². The second-order valence-electron chi connectivity index (χ2n) is 3.31. The van der Waals surface area contributed by atoms with Crippen LogP contribution in [-0.2, 0) is 0 Å². The third kappa shape index (κ3) is 2.72. The Morgan fingerprint density at radius 1 is 1.54 bits per heavy atom. The van der Waals surface area contributed by atoms with E-state index in [1.165, 1.54) is 13.2 Å². The molecule has 1 rings (SSSR count). The van der Waals surface area contributed by atoms with Gasteiger partial charge in [0.05, 0.1) is 0 Å². The van der Waals surface area contributed by atoms with Crippen LogP contribution in [0.25, 0.3) is 0 Å². The standard InChI is InChI=1S/C9H14FNO2/c1-6(2)9-8(5-13-11-9)12-4-7(3)10/h5-7H,4H2,1-3H3. The molecule has 0 spiro atoms. The topological polar surface area (TPSA) is 35.3 Å². The smallest absolute Gasteiger partial charge is 0.182 e. The van der Waals surface area contributed by atoms with Gasteiger partial charge >= 0.3 is 0 Å². The minimum absolute atomic E-state index is 0.0426. The van der Waals surface area contributed by atoms with Crippen LogP contribution in [0.3, 0.4) is 0 Å². The quantitative estimate of drug-likeness (QED) is 0.726. The molecule has 0 aliphatic rings. The Kier molecular flexibility index (Phi) is 3.28. The Balaban J connectivity index is 2.60. The average molecular weight is 187 g/mol. The summed E-state index contributed by atoms with van der Waals surface area (Å²) in [5.41, 5.74) is 0.737. The molecule has 74 valence electrons. The molecule has 0 fully saturated rings. The number of rotatable bonds is 4. The molecule has 4 heteroatoms. The summed E-state index contributed by atoms with van der Waals surface area (Å²) in [4.78, 5) is 0. The van der Waals surface area contributed by atoms with Crippen molar-refractivity contribution in [3.63, 3.8) is 0 Å². The summed E-state index contributed by atoms with van der Waals surface area (Å²) in [6, 6.07) is 0. The van der Waals surface area contributed by atoms with E-state index in [2.05, 4.69) is 5.16 Å². The second kappa shape index (κ2) is 4.25. The first-order valence-electron chi connectivity index (χ1n) is 4.32. The molecule has 1 atom stereocenters. The van der Waals surface area contributed by atoms with E-state index >= 15 is 0 Å². The van der Waals surface area contributed by atoms with E-state index < -0.39 is 6.17 Å². The number of hydrogen-bond acceptors (Lipinski definition) is 3. The van der Waals surface area contributed by atoms with Gasteiger partial charge < -0.3 is 9.26 Å². The highest BCUT2D eigenvalue weighted by molar-refractivity contribution is 5.24. The highest BCUT2D eigenvalue weighted by Gasteiger charge is 2.13. The molecule has 0 amide bonds. The Hall–Kier alpha value is -1.06. The van der Waals surface area contributed by atoms with Crippen LogP contribution in [0, 0.1) is 0 Å². The van der Waals surface area contributed by atoms with Gasteiger partial charge in [0.25, 0.3) is 0 Å². The van der Waals surface area contributed by atoms with Crippen LogP contribution in [0.2, 0.25) is 0 Å². The molecular weight excluding hydrogens is 173 g/mol. The van der Waals surface area contributed by atoms with Crippen LogP contribution in [0.1, 0.15) is 32.4 Å². The van der Waals surface area contributed by atoms with E-state index in [0.717, 1.165) is 5.69 Å². The third-order valence-corrected chi connectivity index (χ3v) is 1.58. The fraction of sp³-hybridized carbons (Fsp3) is 0.667. The summed E-state index contributed by atoms with van der Waals surface area (Å²) in [6.07, 6.45) is 0.424. The lowest BCUT2D eigenvalue weighted by Crippen LogP contribution is -2.09. The monoisotopic (exact) mass is 187 g/mol. The van der Waals surface area contributed by atoms with E-state index in [4.69, 9.17) is 9.26 Å². The molecule has 13 heavy (non-hydrogen) atoms. The summed E-state index contributed by atoms with van der Waals surface area (Å²) >= 11 is 0. The molecule has 0 saturated heterocycles. The molecule has 1 unspecified atom stereocenters. The third-order valence-electron chi connectivity index (χ3n) is 1.58. The largest absolute Gasteiger partial charge is 0.485 e. The van der Waals surface area contributed by atoms with E-state index in [1.54, 1.807) is 0 Å².